The van der Waals surface area contributed by atoms with Crippen molar-refractivity contribution in [3.05, 3.63) is 76.6 Å². The molecule has 0 bridgehead atoms. The number of aliphatic hydroxyl groups is 1. The molecule has 0 aliphatic rings. The molecule has 0 fully saturated rings. The fraction of sp³-hybridized carbons (Fsp3) is 0.118. The zero-order chi connectivity index (χ0) is 14.1. The first-order valence-corrected chi connectivity index (χ1v) is 6.82. The summed E-state index contributed by atoms with van der Waals surface area (Å²) in [5.74, 6) is 0. The second-order valence-electron chi connectivity index (χ2n) is 4.80. The van der Waals surface area contributed by atoms with Crippen LogP contribution in [0, 0.1) is 6.92 Å². The summed E-state index contributed by atoms with van der Waals surface area (Å²) in [7, 11) is 0. The van der Waals surface area contributed by atoms with Crippen LogP contribution in [0.2, 0.25) is 5.02 Å². The lowest BCUT2D eigenvalue weighted by Gasteiger charge is -2.17. The van der Waals surface area contributed by atoms with Gasteiger partial charge in [0.15, 0.2) is 0 Å². The summed E-state index contributed by atoms with van der Waals surface area (Å²) in [5, 5.41) is 13.4. The number of benzene rings is 2. The second-order valence-corrected chi connectivity index (χ2v) is 5.21. The van der Waals surface area contributed by atoms with Crippen LogP contribution in [0.25, 0.3) is 10.8 Å². The van der Waals surface area contributed by atoms with Crippen molar-refractivity contribution in [3.8, 4) is 0 Å². The molecule has 2 nitrogen and oxygen atoms in total. The van der Waals surface area contributed by atoms with Crippen LogP contribution in [0.15, 0.2) is 54.9 Å². The Hall–Kier alpha value is -1.90. The highest BCUT2D eigenvalue weighted by Gasteiger charge is 2.16. The van der Waals surface area contributed by atoms with E-state index in [2.05, 4.69) is 4.98 Å². The largest absolute Gasteiger partial charge is 0.384 e. The van der Waals surface area contributed by atoms with E-state index >= 15 is 0 Å². The van der Waals surface area contributed by atoms with Crippen LogP contribution in [-0.2, 0) is 0 Å². The Bertz CT molecular complexity index is 765. The second kappa shape index (κ2) is 5.23. The summed E-state index contributed by atoms with van der Waals surface area (Å²) in [6.45, 7) is 1.92. The van der Waals surface area contributed by atoms with Gasteiger partial charge in [0.05, 0.1) is 0 Å². The minimum Gasteiger partial charge on any atom is -0.384 e. The highest BCUT2D eigenvalue weighted by atomic mass is 35.5. The molecule has 0 saturated carbocycles. The molecule has 100 valence electrons. The van der Waals surface area contributed by atoms with Crippen molar-refractivity contribution in [1.29, 1.82) is 0 Å². The lowest BCUT2D eigenvalue weighted by atomic mass is 9.94. The zero-order valence-corrected chi connectivity index (χ0v) is 11.8. The number of rotatable bonds is 2. The molecule has 20 heavy (non-hydrogen) atoms. The third-order valence-corrected chi connectivity index (χ3v) is 4.02. The predicted molar refractivity (Wildman–Crippen MR) is 82.0 cm³/mol. The molecule has 1 unspecified atom stereocenters. The first-order chi connectivity index (χ1) is 9.68. The molecule has 1 aromatic heterocycles. The first-order valence-electron chi connectivity index (χ1n) is 6.44. The molecule has 0 amide bonds. The lowest BCUT2D eigenvalue weighted by molar-refractivity contribution is 0.221. The van der Waals surface area contributed by atoms with Gasteiger partial charge in [-0.3, -0.25) is 4.98 Å². The maximum absolute atomic E-state index is 10.7. The van der Waals surface area contributed by atoms with Crippen LogP contribution in [0.5, 0.6) is 0 Å². The molecule has 3 rings (SSSR count). The molecule has 3 aromatic rings. The molecular weight excluding hydrogens is 270 g/mol. The fourth-order valence-corrected chi connectivity index (χ4v) is 2.66. The highest BCUT2D eigenvalue weighted by molar-refractivity contribution is 6.31. The maximum atomic E-state index is 10.7. The summed E-state index contributed by atoms with van der Waals surface area (Å²) < 4.78 is 0. The minimum absolute atomic E-state index is 0.670. The van der Waals surface area contributed by atoms with E-state index in [1.165, 1.54) is 0 Å². The molecular formula is C17H14ClNO. The average molecular weight is 284 g/mol. The van der Waals surface area contributed by atoms with Gasteiger partial charge in [0, 0.05) is 22.8 Å². The van der Waals surface area contributed by atoms with Crippen molar-refractivity contribution in [3.63, 3.8) is 0 Å². The van der Waals surface area contributed by atoms with E-state index in [9.17, 15) is 5.11 Å². The summed E-state index contributed by atoms with van der Waals surface area (Å²) in [6.07, 6.45) is 2.85. The van der Waals surface area contributed by atoms with Crippen molar-refractivity contribution >= 4 is 22.4 Å². The van der Waals surface area contributed by atoms with Crippen LogP contribution in [0.4, 0.5) is 0 Å². The van der Waals surface area contributed by atoms with E-state index in [0.29, 0.717) is 5.02 Å². The zero-order valence-electron chi connectivity index (χ0n) is 11.0. The molecule has 1 N–H and O–H groups in total. The molecule has 2 aromatic carbocycles. The van der Waals surface area contributed by atoms with Gasteiger partial charge in [0.1, 0.15) is 6.10 Å². The van der Waals surface area contributed by atoms with Crippen LogP contribution in [0.3, 0.4) is 0 Å². The fourth-order valence-electron chi connectivity index (χ4n) is 2.47. The van der Waals surface area contributed by atoms with Crippen molar-refractivity contribution in [2.75, 3.05) is 0 Å². The number of fused-ring (bicyclic) bond motifs is 1. The number of hydrogen-bond acceptors (Lipinski definition) is 2. The summed E-state index contributed by atoms with van der Waals surface area (Å²) >= 11 is 6.14. The number of aliphatic hydroxyl groups excluding tert-OH is 1. The third-order valence-electron chi connectivity index (χ3n) is 3.61. The molecule has 0 aliphatic heterocycles. The summed E-state index contributed by atoms with van der Waals surface area (Å²) in [6, 6.07) is 13.4. The standard InChI is InChI=1S/C17H14ClNO/c1-11-13(5-3-7-16(11)18)17(20)15-6-2-4-12-10-19-9-8-14(12)15/h2-10,17,20H,1H3. The lowest BCUT2D eigenvalue weighted by Crippen LogP contribution is -2.03. The maximum Gasteiger partial charge on any atom is 0.105 e. The van der Waals surface area contributed by atoms with Crippen LogP contribution >= 0.6 is 11.6 Å². The SMILES string of the molecule is Cc1c(Cl)cccc1C(O)c1cccc2cnccc12. The van der Waals surface area contributed by atoms with Gasteiger partial charge in [0.2, 0.25) is 0 Å². The number of aromatic nitrogens is 1. The number of nitrogens with zero attached hydrogens (tertiary/aromatic N) is 1. The van der Waals surface area contributed by atoms with Gasteiger partial charge >= 0.3 is 0 Å². The molecule has 1 atom stereocenters. The highest BCUT2D eigenvalue weighted by Crippen LogP contribution is 2.32. The molecule has 1 heterocycles. The van der Waals surface area contributed by atoms with E-state index in [0.717, 1.165) is 27.5 Å². The Morgan fingerprint density at radius 3 is 2.65 bits per heavy atom. The van der Waals surface area contributed by atoms with Crippen LogP contribution < -0.4 is 0 Å². The Morgan fingerprint density at radius 2 is 1.80 bits per heavy atom. The Labute approximate surface area is 122 Å². The van der Waals surface area contributed by atoms with Gasteiger partial charge in [-0.15, -0.1) is 0 Å². The quantitative estimate of drug-likeness (QED) is 0.761. The summed E-state index contributed by atoms with van der Waals surface area (Å²) in [5.41, 5.74) is 2.62. The third kappa shape index (κ3) is 2.17. The number of hydrogen-bond donors (Lipinski definition) is 1. The van der Waals surface area contributed by atoms with Crippen LogP contribution in [-0.4, -0.2) is 10.1 Å². The van der Waals surface area contributed by atoms with Gasteiger partial charge in [-0.25, -0.2) is 0 Å². The van der Waals surface area contributed by atoms with Gasteiger partial charge in [-0.2, -0.15) is 0 Å². The smallest absolute Gasteiger partial charge is 0.105 e. The van der Waals surface area contributed by atoms with E-state index < -0.39 is 6.10 Å². The molecule has 0 aliphatic carbocycles. The van der Waals surface area contributed by atoms with Crippen molar-refractivity contribution < 1.29 is 5.11 Å². The van der Waals surface area contributed by atoms with Crippen molar-refractivity contribution in [2.24, 2.45) is 0 Å². The first kappa shape index (κ1) is 13.1. The molecule has 0 radical (unpaired) electrons. The molecule has 0 saturated heterocycles. The van der Waals surface area contributed by atoms with Crippen molar-refractivity contribution in [2.45, 2.75) is 13.0 Å². The van der Waals surface area contributed by atoms with E-state index in [1.807, 2.05) is 49.4 Å². The number of halogens is 1. The van der Waals surface area contributed by atoms with E-state index in [-0.39, 0.29) is 0 Å². The Balaban J connectivity index is 2.18. The van der Waals surface area contributed by atoms with Gasteiger partial charge < -0.3 is 5.11 Å². The van der Waals surface area contributed by atoms with Gasteiger partial charge in [-0.05, 0) is 41.1 Å². The van der Waals surface area contributed by atoms with Gasteiger partial charge in [-0.1, -0.05) is 41.9 Å². The number of pyridine rings is 1. The average Bonchev–Trinajstić information content (AvgIpc) is 2.49. The monoisotopic (exact) mass is 283 g/mol. The topological polar surface area (TPSA) is 33.1 Å². The summed E-state index contributed by atoms with van der Waals surface area (Å²) in [4.78, 5) is 4.11. The normalized spacial score (nSPS) is 12.6. The van der Waals surface area contributed by atoms with Gasteiger partial charge in [0.25, 0.3) is 0 Å². The van der Waals surface area contributed by atoms with E-state index in [4.69, 9.17) is 11.6 Å². The minimum atomic E-state index is -0.695. The predicted octanol–water partition coefficient (Wildman–Crippen LogP) is 4.28. The van der Waals surface area contributed by atoms with Crippen LogP contribution in [0.1, 0.15) is 22.8 Å². The van der Waals surface area contributed by atoms with Crippen molar-refractivity contribution in [1.82, 2.24) is 4.98 Å². The molecule has 0 spiro atoms. The Kier molecular flexibility index (Phi) is 3.43. The van der Waals surface area contributed by atoms with E-state index in [1.54, 1.807) is 12.4 Å². The Morgan fingerprint density at radius 1 is 1.05 bits per heavy atom. The molecule has 3 heteroatoms.